The molecule has 0 aliphatic carbocycles. The highest BCUT2D eigenvalue weighted by atomic mass is 19.4. The van der Waals surface area contributed by atoms with Crippen LogP contribution in [0.3, 0.4) is 0 Å². The van der Waals surface area contributed by atoms with E-state index in [1.54, 1.807) is 35.1 Å². The van der Waals surface area contributed by atoms with Gasteiger partial charge in [-0.15, -0.1) is 0 Å². The third-order valence-corrected chi connectivity index (χ3v) is 8.32. The number of alkyl halides is 4. The lowest BCUT2D eigenvalue weighted by Crippen LogP contribution is -2.51. The normalized spacial score (nSPS) is 21.5. The first-order valence-corrected chi connectivity index (χ1v) is 15.1. The fourth-order valence-electron chi connectivity index (χ4n) is 5.76. The lowest BCUT2D eigenvalue weighted by atomic mass is 9.98. The maximum atomic E-state index is 15.4. The van der Waals surface area contributed by atoms with E-state index in [-0.39, 0.29) is 29.7 Å². The molecule has 4 heterocycles. The number of halogens is 4. The largest absolute Gasteiger partial charge is 0.417 e. The van der Waals surface area contributed by atoms with Gasteiger partial charge in [-0.2, -0.15) is 18.3 Å². The zero-order valence-corrected chi connectivity index (χ0v) is 25.4. The Balaban J connectivity index is 1.31. The number of likely N-dealkylation sites (tertiary alicyclic amines) is 1. The monoisotopic (exact) mass is 616 g/mol. The van der Waals surface area contributed by atoms with Gasteiger partial charge >= 0.3 is 6.18 Å². The van der Waals surface area contributed by atoms with E-state index in [0.29, 0.717) is 73.3 Å². The SMILES string of the molecule is C=C(c1nc(CCCNC(=O)c2cnn(C(C)(C)C)c2)cc2c(N[C@@H]3CCN(C4CCOC4)CC3F)cccc12)C(F)(F)F. The highest BCUT2D eigenvalue weighted by Crippen LogP contribution is 2.37. The minimum Gasteiger partial charge on any atom is -0.380 e. The average Bonchev–Trinajstić information content (AvgIpc) is 3.69. The Morgan fingerprint density at radius 1 is 1.18 bits per heavy atom. The maximum Gasteiger partial charge on any atom is 0.417 e. The van der Waals surface area contributed by atoms with Gasteiger partial charge in [-0.1, -0.05) is 18.7 Å². The Bertz CT molecular complexity index is 1490. The Kier molecular flexibility index (Phi) is 9.31. The van der Waals surface area contributed by atoms with Crippen LogP contribution in [0.4, 0.5) is 23.2 Å². The second-order valence-electron chi connectivity index (χ2n) is 12.6. The van der Waals surface area contributed by atoms with E-state index < -0.39 is 24.0 Å². The lowest BCUT2D eigenvalue weighted by molar-refractivity contribution is -0.0688. The molecule has 238 valence electrons. The summed E-state index contributed by atoms with van der Waals surface area (Å²) in [5, 5.41) is 11.2. The molecular formula is C32H40F4N6O2. The highest BCUT2D eigenvalue weighted by molar-refractivity contribution is 6.00. The fraction of sp³-hybridized carbons (Fsp3) is 0.531. The molecule has 0 spiro atoms. The van der Waals surface area contributed by atoms with Crippen molar-refractivity contribution in [3.05, 3.63) is 60.2 Å². The summed E-state index contributed by atoms with van der Waals surface area (Å²) in [5.74, 6) is -0.281. The number of amides is 1. The summed E-state index contributed by atoms with van der Waals surface area (Å²) >= 11 is 0. The number of hydrogen-bond donors (Lipinski definition) is 2. The van der Waals surface area contributed by atoms with Crippen LogP contribution in [0.25, 0.3) is 16.3 Å². The van der Waals surface area contributed by atoms with Gasteiger partial charge in [0.15, 0.2) is 0 Å². The number of benzene rings is 1. The van der Waals surface area contributed by atoms with Crippen LogP contribution >= 0.6 is 0 Å². The number of fused-ring (bicyclic) bond motifs is 1. The molecule has 2 fully saturated rings. The van der Waals surface area contributed by atoms with Gasteiger partial charge in [0.1, 0.15) is 6.17 Å². The van der Waals surface area contributed by atoms with E-state index in [1.165, 1.54) is 6.20 Å². The van der Waals surface area contributed by atoms with E-state index in [1.807, 2.05) is 20.8 Å². The number of aromatic nitrogens is 3. The summed E-state index contributed by atoms with van der Waals surface area (Å²) in [6, 6.07) is 6.48. The number of nitrogens with zero attached hydrogens (tertiary/aromatic N) is 4. The first kappa shape index (κ1) is 31.9. The minimum atomic E-state index is -4.67. The molecule has 2 aliphatic rings. The number of ether oxygens (including phenoxy) is 1. The van der Waals surface area contributed by atoms with Crippen LogP contribution in [-0.2, 0) is 16.7 Å². The number of pyridine rings is 1. The quantitative estimate of drug-likeness (QED) is 0.236. The minimum absolute atomic E-state index is 0.224. The molecule has 2 N–H and O–H groups in total. The Hall–Kier alpha value is -3.51. The molecule has 12 heteroatoms. The van der Waals surface area contributed by atoms with Gasteiger partial charge in [0.05, 0.1) is 41.2 Å². The molecule has 3 aromatic rings. The second kappa shape index (κ2) is 12.8. The van der Waals surface area contributed by atoms with Crippen LogP contribution in [0.15, 0.2) is 43.2 Å². The molecule has 8 nitrogen and oxygen atoms in total. The first-order valence-electron chi connectivity index (χ1n) is 15.1. The lowest BCUT2D eigenvalue weighted by Gasteiger charge is -2.38. The van der Waals surface area contributed by atoms with Gasteiger partial charge in [0.2, 0.25) is 0 Å². The number of hydrogen-bond acceptors (Lipinski definition) is 6. The topological polar surface area (TPSA) is 84.3 Å². The zero-order valence-electron chi connectivity index (χ0n) is 25.4. The highest BCUT2D eigenvalue weighted by Gasteiger charge is 2.36. The maximum absolute atomic E-state index is 15.4. The van der Waals surface area contributed by atoms with Gasteiger partial charge < -0.3 is 15.4 Å². The van der Waals surface area contributed by atoms with Gasteiger partial charge in [0.25, 0.3) is 5.91 Å². The molecule has 2 aliphatic heterocycles. The van der Waals surface area contributed by atoms with Gasteiger partial charge in [0, 0.05) is 60.6 Å². The van der Waals surface area contributed by atoms with Crippen LogP contribution < -0.4 is 10.6 Å². The second-order valence-corrected chi connectivity index (χ2v) is 12.6. The van der Waals surface area contributed by atoms with E-state index in [4.69, 9.17) is 4.74 Å². The van der Waals surface area contributed by atoms with Crippen molar-refractivity contribution in [3.8, 4) is 0 Å². The number of carbonyl (C=O) groups is 1. The molecule has 0 radical (unpaired) electrons. The molecule has 1 aromatic carbocycles. The zero-order chi connectivity index (χ0) is 31.6. The van der Waals surface area contributed by atoms with Crippen LogP contribution in [0, 0.1) is 0 Å². The van der Waals surface area contributed by atoms with Crippen molar-refractivity contribution in [1.82, 2.24) is 25.0 Å². The molecule has 44 heavy (non-hydrogen) atoms. The Labute approximate surface area is 254 Å². The summed E-state index contributed by atoms with van der Waals surface area (Å²) in [7, 11) is 0. The summed E-state index contributed by atoms with van der Waals surface area (Å²) in [6.07, 6.45) is -0.427. The molecule has 2 saturated heterocycles. The van der Waals surface area contributed by atoms with Crippen molar-refractivity contribution in [3.63, 3.8) is 0 Å². The first-order chi connectivity index (χ1) is 20.8. The van der Waals surface area contributed by atoms with Crippen LogP contribution in [0.5, 0.6) is 0 Å². The summed E-state index contributed by atoms with van der Waals surface area (Å²) < 4.78 is 64.1. The van der Waals surface area contributed by atoms with Gasteiger partial charge in [-0.05, 0) is 58.6 Å². The number of anilines is 1. The smallest absolute Gasteiger partial charge is 0.380 e. The van der Waals surface area contributed by atoms with Crippen LogP contribution in [-0.4, -0.2) is 82.9 Å². The average molecular weight is 617 g/mol. The third kappa shape index (κ3) is 7.23. The third-order valence-electron chi connectivity index (χ3n) is 8.32. The standard InChI is InChI=1S/C32H40F4N6O2/c1-20(32(34,35)36)29-24-8-5-9-27(40-28-10-13-41(18-26(28)33)23-11-14-44-19-23)25(24)15-22(39-29)7-6-12-37-30(43)21-16-38-42(17-21)31(2,3)4/h5,8-9,15-17,23,26,28,40H,1,6-7,10-14,18-19H2,2-4H3,(H,37,43)/t23?,26?,28-/m1/s1. The number of carbonyl (C=O) groups excluding carboxylic acids is 1. The van der Waals surface area contributed by atoms with Crippen molar-refractivity contribution in [2.45, 2.75) is 76.4 Å². The van der Waals surface area contributed by atoms with Gasteiger partial charge in [-0.3, -0.25) is 19.4 Å². The number of allylic oxidation sites excluding steroid dienone is 1. The summed E-state index contributed by atoms with van der Waals surface area (Å²) in [4.78, 5) is 19.1. The molecule has 1 amide bonds. The molecule has 2 aromatic heterocycles. The summed E-state index contributed by atoms with van der Waals surface area (Å²) in [6.45, 7) is 11.8. The number of piperidine rings is 1. The van der Waals surface area contributed by atoms with Gasteiger partial charge in [-0.25, -0.2) is 4.39 Å². The van der Waals surface area contributed by atoms with E-state index in [9.17, 15) is 18.0 Å². The molecule has 0 bridgehead atoms. The van der Waals surface area contributed by atoms with E-state index in [0.717, 1.165) is 6.42 Å². The van der Waals surface area contributed by atoms with Crippen LogP contribution in [0.1, 0.15) is 61.8 Å². The Morgan fingerprint density at radius 3 is 2.64 bits per heavy atom. The molecule has 5 rings (SSSR count). The van der Waals surface area contributed by atoms with Crippen molar-refractivity contribution in [2.24, 2.45) is 0 Å². The van der Waals surface area contributed by atoms with E-state index >= 15 is 4.39 Å². The summed E-state index contributed by atoms with van der Waals surface area (Å²) in [5.41, 5.74) is -0.149. The number of rotatable bonds is 9. The molecule has 3 atom stereocenters. The predicted octanol–water partition coefficient (Wildman–Crippen LogP) is 5.74. The Morgan fingerprint density at radius 2 is 1.98 bits per heavy atom. The fourth-order valence-corrected chi connectivity index (χ4v) is 5.76. The van der Waals surface area contributed by atoms with Crippen molar-refractivity contribution in [2.75, 3.05) is 38.2 Å². The van der Waals surface area contributed by atoms with E-state index in [2.05, 4.69) is 32.2 Å². The molecular weight excluding hydrogens is 576 g/mol. The predicted molar refractivity (Wildman–Crippen MR) is 162 cm³/mol. The number of aryl methyl sites for hydroxylation is 1. The van der Waals surface area contributed by atoms with Crippen molar-refractivity contribution >= 4 is 27.9 Å². The molecule has 2 unspecified atom stereocenters. The molecule has 0 saturated carbocycles. The number of nitrogens with one attached hydrogen (secondary N) is 2. The van der Waals surface area contributed by atoms with Crippen molar-refractivity contribution in [1.29, 1.82) is 0 Å². The van der Waals surface area contributed by atoms with Crippen molar-refractivity contribution < 1.29 is 27.1 Å². The van der Waals surface area contributed by atoms with Crippen LogP contribution in [0.2, 0.25) is 0 Å².